The molecule has 0 aliphatic heterocycles. The molecule has 7 heteroatoms. The van der Waals surface area contributed by atoms with Crippen molar-refractivity contribution in [1.29, 1.82) is 0 Å². The van der Waals surface area contributed by atoms with E-state index in [0.717, 1.165) is 24.2 Å². The smallest absolute Gasteiger partial charge is 0.257 e. The summed E-state index contributed by atoms with van der Waals surface area (Å²) in [7, 11) is 0. The van der Waals surface area contributed by atoms with Crippen LogP contribution in [0, 0.1) is 0 Å². The van der Waals surface area contributed by atoms with E-state index in [4.69, 9.17) is 12.2 Å². The van der Waals surface area contributed by atoms with Crippen molar-refractivity contribution >= 4 is 51.9 Å². The first kappa shape index (κ1) is 23.0. The number of amides is 2. The molecular formula is C25H26N4O2S. The monoisotopic (exact) mass is 446 g/mol. The molecule has 3 aromatic rings. The first-order valence-corrected chi connectivity index (χ1v) is 10.9. The van der Waals surface area contributed by atoms with Gasteiger partial charge in [-0.2, -0.15) is 0 Å². The van der Waals surface area contributed by atoms with E-state index in [0.29, 0.717) is 23.4 Å². The molecule has 0 unspecified atom stereocenters. The molecule has 0 saturated heterocycles. The number of carbonyl (C=O) groups excluding carboxylic acids is 2. The number of para-hydroxylation sites is 2. The fraction of sp³-hybridized carbons (Fsp3) is 0.160. The first-order valence-electron chi connectivity index (χ1n) is 10.5. The summed E-state index contributed by atoms with van der Waals surface area (Å²) in [5, 5.41) is 12.0. The Morgan fingerprint density at radius 1 is 0.781 bits per heavy atom. The summed E-state index contributed by atoms with van der Waals surface area (Å²) < 4.78 is 0. The second-order valence-electron chi connectivity index (χ2n) is 7.17. The van der Waals surface area contributed by atoms with Crippen molar-refractivity contribution < 1.29 is 9.59 Å². The van der Waals surface area contributed by atoms with E-state index in [-0.39, 0.29) is 16.9 Å². The Morgan fingerprint density at radius 2 is 1.41 bits per heavy atom. The van der Waals surface area contributed by atoms with Crippen LogP contribution in [-0.4, -0.2) is 16.9 Å². The highest BCUT2D eigenvalue weighted by atomic mass is 32.1. The van der Waals surface area contributed by atoms with Gasteiger partial charge in [0.1, 0.15) is 0 Å². The minimum atomic E-state index is -0.281. The summed E-state index contributed by atoms with van der Waals surface area (Å²) in [4.78, 5) is 24.7. The summed E-state index contributed by atoms with van der Waals surface area (Å²) in [5.41, 5.74) is 3.51. The third-order valence-electron chi connectivity index (χ3n) is 4.64. The third-order valence-corrected chi connectivity index (χ3v) is 4.84. The molecule has 3 aromatic carbocycles. The molecule has 2 amide bonds. The molecule has 3 rings (SSSR count). The Morgan fingerprint density at radius 3 is 2.12 bits per heavy atom. The molecule has 0 bridgehead atoms. The second-order valence-corrected chi connectivity index (χ2v) is 7.58. The van der Waals surface area contributed by atoms with E-state index in [1.807, 2.05) is 61.5 Å². The van der Waals surface area contributed by atoms with Gasteiger partial charge in [-0.15, -0.1) is 0 Å². The lowest BCUT2D eigenvalue weighted by molar-refractivity contribution is -0.119. The summed E-state index contributed by atoms with van der Waals surface area (Å²) in [5.74, 6) is -0.424. The van der Waals surface area contributed by atoms with Gasteiger partial charge in [0.05, 0.1) is 11.3 Å². The fourth-order valence-electron chi connectivity index (χ4n) is 2.99. The quantitative estimate of drug-likeness (QED) is 0.334. The van der Waals surface area contributed by atoms with Crippen molar-refractivity contribution in [2.45, 2.75) is 26.2 Å². The molecule has 32 heavy (non-hydrogen) atoms. The van der Waals surface area contributed by atoms with Crippen molar-refractivity contribution in [1.82, 2.24) is 5.32 Å². The molecule has 0 aromatic heterocycles. The molecule has 6 nitrogen and oxygen atoms in total. The van der Waals surface area contributed by atoms with Gasteiger partial charge in [-0.1, -0.05) is 43.7 Å². The van der Waals surface area contributed by atoms with Crippen LogP contribution in [0.1, 0.15) is 36.5 Å². The molecule has 164 valence electrons. The number of hydrogen-bond acceptors (Lipinski definition) is 4. The van der Waals surface area contributed by atoms with E-state index in [1.54, 1.807) is 24.3 Å². The van der Waals surface area contributed by atoms with Crippen LogP contribution in [0.4, 0.5) is 22.7 Å². The van der Waals surface area contributed by atoms with Gasteiger partial charge in [-0.05, 0) is 67.2 Å². The van der Waals surface area contributed by atoms with Crippen LogP contribution in [0.2, 0.25) is 0 Å². The molecular weight excluding hydrogens is 420 g/mol. The zero-order valence-electron chi connectivity index (χ0n) is 17.9. The Kier molecular flexibility index (Phi) is 8.34. The number of rotatable bonds is 8. The summed E-state index contributed by atoms with van der Waals surface area (Å²) in [6.45, 7) is 2.02. The standard InChI is InChI=1S/C25H26N4O2S/c1-2-3-13-23(30)29-25(32)28-22-12-8-7-11-21(22)24(31)27-20-16-14-19(15-17-20)26-18-9-5-4-6-10-18/h4-12,14-17,26H,2-3,13H2,1H3,(H,27,31)(H2,28,29,30,32). The van der Waals surface area contributed by atoms with Crippen LogP contribution in [0.15, 0.2) is 78.9 Å². The van der Waals surface area contributed by atoms with Gasteiger partial charge in [0.25, 0.3) is 5.91 Å². The molecule has 0 aliphatic rings. The first-order chi connectivity index (χ1) is 15.5. The highest BCUT2D eigenvalue weighted by Crippen LogP contribution is 2.21. The Balaban J connectivity index is 1.61. The average Bonchev–Trinajstić information content (AvgIpc) is 2.80. The minimum absolute atomic E-state index is 0.143. The Hall–Kier alpha value is -3.71. The van der Waals surface area contributed by atoms with Crippen LogP contribution in [0.5, 0.6) is 0 Å². The van der Waals surface area contributed by atoms with Crippen molar-refractivity contribution in [3.05, 3.63) is 84.4 Å². The van der Waals surface area contributed by atoms with Crippen LogP contribution in [0.3, 0.4) is 0 Å². The third kappa shape index (κ3) is 6.92. The zero-order valence-corrected chi connectivity index (χ0v) is 18.7. The van der Waals surface area contributed by atoms with Crippen LogP contribution in [0.25, 0.3) is 0 Å². The number of nitrogens with one attached hydrogen (secondary N) is 4. The molecule has 4 N–H and O–H groups in total. The van der Waals surface area contributed by atoms with Gasteiger partial charge in [0.2, 0.25) is 5.91 Å². The predicted molar refractivity (Wildman–Crippen MR) is 134 cm³/mol. The average molecular weight is 447 g/mol. The van der Waals surface area contributed by atoms with Gasteiger partial charge in [0, 0.05) is 23.5 Å². The summed E-state index contributed by atoms with van der Waals surface area (Å²) in [6.07, 6.45) is 2.14. The number of thiocarbonyl (C=S) groups is 1. The van der Waals surface area contributed by atoms with Crippen LogP contribution >= 0.6 is 12.2 Å². The largest absolute Gasteiger partial charge is 0.356 e. The summed E-state index contributed by atoms with van der Waals surface area (Å²) >= 11 is 5.22. The molecule has 0 atom stereocenters. The number of anilines is 4. The van der Waals surface area contributed by atoms with Crippen molar-refractivity contribution in [2.75, 3.05) is 16.0 Å². The number of carbonyl (C=O) groups is 2. The summed E-state index contributed by atoms with van der Waals surface area (Å²) in [6, 6.07) is 24.3. The Labute approximate surface area is 193 Å². The van der Waals surface area contributed by atoms with Gasteiger partial charge in [0.15, 0.2) is 5.11 Å². The van der Waals surface area contributed by atoms with E-state index >= 15 is 0 Å². The van der Waals surface area contributed by atoms with Crippen molar-refractivity contribution in [2.24, 2.45) is 0 Å². The molecule has 0 fully saturated rings. The second kappa shape index (κ2) is 11.6. The SMILES string of the molecule is CCCCC(=O)NC(=S)Nc1ccccc1C(=O)Nc1ccc(Nc2ccccc2)cc1. The molecule has 0 spiro atoms. The fourth-order valence-corrected chi connectivity index (χ4v) is 3.22. The highest BCUT2D eigenvalue weighted by molar-refractivity contribution is 7.80. The molecule has 0 radical (unpaired) electrons. The van der Waals surface area contributed by atoms with E-state index in [1.165, 1.54) is 0 Å². The van der Waals surface area contributed by atoms with Crippen LogP contribution in [-0.2, 0) is 4.79 Å². The van der Waals surface area contributed by atoms with E-state index < -0.39 is 0 Å². The molecule has 0 heterocycles. The van der Waals surface area contributed by atoms with Crippen molar-refractivity contribution in [3.8, 4) is 0 Å². The van der Waals surface area contributed by atoms with E-state index in [2.05, 4.69) is 21.3 Å². The molecule has 0 aliphatic carbocycles. The number of benzene rings is 3. The predicted octanol–water partition coefficient (Wildman–Crippen LogP) is 5.69. The maximum Gasteiger partial charge on any atom is 0.257 e. The molecule has 0 saturated carbocycles. The lowest BCUT2D eigenvalue weighted by Gasteiger charge is -2.14. The van der Waals surface area contributed by atoms with Gasteiger partial charge < -0.3 is 21.3 Å². The zero-order chi connectivity index (χ0) is 22.8. The van der Waals surface area contributed by atoms with Gasteiger partial charge in [-0.3, -0.25) is 9.59 Å². The topological polar surface area (TPSA) is 82.3 Å². The van der Waals surface area contributed by atoms with Gasteiger partial charge >= 0.3 is 0 Å². The highest BCUT2D eigenvalue weighted by Gasteiger charge is 2.13. The van der Waals surface area contributed by atoms with Crippen molar-refractivity contribution in [3.63, 3.8) is 0 Å². The Bertz CT molecular complexity index is 1070. The normalized spacial score (nSPS) is 10.2. The van der Waals surface area contributed by atoms with E-state index in [9.17, 15) is 9.59 Å². The van der Waals surface area contributed by atoms with Crippen LogP contribution < -0.4 is 21.3 Å². The minimum Gasteiger partial charge on any atom is -0.356 e. The lowest BCUT2D eigenvalue weighted by Crippen LogP contribution is -2.34. The van der Waals surface area contributed by atoms with Gasteiger partial charge in [-0.25, -0.2) is 0 Å². The maximum absolute atomic E-state index is 12.9. The number of hydrogen-bond donors (Lipinski definition) is 4. The maximum atomic E-state index is 12.9. The lowest BCUT2D eigenvalue weighted by atomic mass is 10.1. The number of unbranched alkanes of at least 4 members (excludes halogenated alkanes) is 1.